The minimum Gasteiger partial charge on any atom is -0.378 e. The lowest BCUT2D eigenvalue weighted by Gasteiger charge is -2.30. The van der Waals surface area contributed by atoms with Gasteiger partial charge in [0, 0.05) is 13.1 Å². The third-order valence-corrected chi connectivity index (χ3v) is 5.81. The highest BCUT2D eigenvalue weighted by Gasteiger charge is 2.30. The van der Waals surface area contributed by atoms with Gasteiger partial charge in [0.25, 0.3) is 0 Å². The van der Waals surface area contributed by atoms with Gasteiger partial charge in [0.15, 0.2) is 0 Å². The molecular formula is C19H21FN2O4S. The fourth-order valence-corrected chi connectivity index (χ4v) is 4.09. The lowest BCUT2D eigenvalue weighted by molar-refractivity contribution is -0.137. The Balaban J connectivity index is 1.84. The van der Waals surface area contributed by atoms with Crippen LogP contribution in [0.3, 0.4) is 0 Å². The average Bonchev–Trinajstić information content (AvgIpc) is 2.68. The van der Waals surface area contributed by atoms with Crippen molar-refractivity contribution in [1.82, 2.24) is 9.62 Å². The summed E-state index contributed by atoms with van der Waals surface area (Å²) < 4.78 is 46.3. The van der Waals surface area contributed by atoms with E-state index in [2.05, 4.69) is 4.72 Å². The molecule has 0 saturated carbocycles. The summed E-state index contributed by atoms with van der Waals surface area (Å²) in [6.07, 6.45) is 0.220. The van der Waals surface area contributed by atoms with Gasteiger partial charge >= 0.3 is 0 Å². The van der Waals surface area contributed by atoms with Gasteiger partial charge in [-0.2, -0.15) is 4.72 Å². The molecule has 0 bridgehead atoms. The van der Waals surface area contributed by atoms with E-state index in [0.717, 1.165) is 17.7 Å². The van der Waals surface area contributed by atoms with Gasteiger partial charge in [-0.15, -0.1) is 0 Å². The van der Waals surface area contributed by atoms with Crippen LogP contribution in [0.1, 0.15) is 5.56 Å². The smallest absolute Gasteiger partial charge is 0.241 e. The molecule has 1 N–H and O–H groups in total. The molecule has 3 rings (SSSR count). The Morgan fingerprint density at radius 1 is 1.07 bits per heavy atom. The van der Waals surface area contributed by atoms with Gasteiger partial charge < -0.3 is 9.64 Å². The topological polar surface area (TPSA) is 75.7 Å². The number of morpholine rings is 1. The van der Waals surface area contributed by atoms with Crippen LogP contribution in [0.25, 0.3) is 0 Å². The summed E-state index contributed by atoms with van der Waals surface area (Å²) in [7, 11) is -3.98. The van der Waals surface area contributed by atoms with Crippen LogP contribution < -0.4 is 4.72 Å². The number of amides is 1. The van der Waals surface area contributed by atoms with Crippen molar-refractivity contribution in [3.63, 3.8) is 0 Å². The highest BCUT2D eigenvalue weighted by atomic mass is 32.2. The highest BCUT2D eigenvalue weighted by Crippen LogP contribution is 2.14. The van der Waals surface area contributed by atoms with Crippen LogP contribution in [-0.4, -0.2) is 51.6 Å². The van der Waals surface area contributed by atoms with Crippen molar-refractivity contribution in [2.45, 2.75) is 17.4 Å². The van der Waals surface area contributed by atoms with Crippen molar-refractivity contribution in [1.29, 1.82) is 0 Å². The molecule has 0 spiro atoms. The Kier molecular flexibility index (Phi) is 6.20. The summed E-state index contributed by atoms with van der Waals surface area (Å²) >= 11 is 0. The van der Waals surface area contributed by atoms with Crippen LogP contribution in [0, 0.1) is 5.82 Å². The minimum atomic E-state index is -3.98. The van der Waals surface area contributed by atoms with E-state index >= 15 is 0 Å². The predicted octanol–water partition coefficient (Wildman–Crippen LogP) is 1.57. The molecule has 2 aromatic rings. The first-order valence-corrected chi connectivity index (χ1v) is 10.1. The van der Waals surface area contributed by atoms with Crippen LogP contribution in [-0.2, 0) is 26.0 Å². The molecule has 27 heavy (non-hydrogen) atoms. The number of carbonyl (C=O) groups excluding carboxylic acids is 1. The normalized spacial score (nSPS) is 16.1. The molecule has 1 amide bonds. The minimum absolute atomic E-state index is 0.0864. The van der Waals surface area contributed by atoms with E-state index in [1.165, 1.54) is 12.1 Å². The van der Waals surface area contributed by atoms with Gasteiger partial charge in [-0.1, -0.05) is 30.3 Å². The number of halogens is 1. The van der Waals surface area contributed by atoms with Crippen molar-refractivity contribution >= 4 is 15.9 Å². The number of ether oxygens (including phenoxy) is 1. The summed E-state index contributed by atoms with van der Waals surface area (Å²) in [5.41, 5.74) is 0.839. The predicted molar refractivity (Wildman–Crippen MR) is 98.1 cm³/mol. The van der Waals surface area contributed by atoms with E-state index < -0.39 is 21.9 Å². The first-order chi connectivity index (χ1) is 13.0. The second kappa shape index (κ2) is 8.60. The van der Waals surface area contributed by atoms with Crippen LogP contribution in [0.15, 0.2) is 59.5 Å². The maximum absolute atomic E-state index is 13.1. The maximum Gasteiger partial charge on any atom is 0.241 e. The lowest BCUT2D eigenvalue weighted by atomic mass is 10.1. The van der Waals surface area contributed by atoms with E-state index in [0.29, 0.717) is 26.3 Å². The van der Waals surface area contributed by atoms with E-state index in [9.17, 15) is 17.6 Å². The fraction of sp³-hybridized carbons (Fsp3) is 0.316. The van der Waals surface area contributed by atoms with Gasteiger partial charge in [0.05, 0.1) is 18.1 Å². The van der Waals surface area contributed by atoms with Gasteiger partial charge in [-0.05, 0) is 36.2 Å². The Bertz CT molecular complexity index is 866. The van der Waals surface area contributed by atoms with Gasteiger partial charge in [0.2, 0.25) is 15.9 Å². The molecule has 1 aliphatic rings. The molecule has 1 atom stereocenters. The van der Waals surface area contributed by atoms with E-state index in [4.69, 9.17) is 4.74 Å². The molecule has 0 unspecified atom stereocenters. The van der Waals surface area contributed by atoms with Crippen molar-refractivity contribution in [2.24, 2.45) is 0 Å². The molecule has 0 aliphatic carbocycles. The lowest BCUT2D eigenvalue weighted by Crippen LogP contribution is -2.52. The van der Waals surface area contributed by atoms with Crippen molar-refractivity contribution in [2.75, 3.05) is 26.3 Å². The second-order valence-electron chi connectivity index (χ2n) is 6.26. The fourth-order valence-electron chi connectivity index (χ4n) is 2.90. The van der Waals surface area contributed by atoms with Gasteiger partial charge in [0.1, 0.15) is 11.9 Å². The molecule has 0 aromatic heterocycles. The molecule has 6 nitrogen and oxygen atoms in total. The summed E-state index contributed by atoms with van der Waals surface area (Å²) in [5, 5.41) is 0. The number of nitrogens with one attached hydrogen (secondary N) is 1. The first-order valence-electron chi connectivity index (χ1n) is 8.64. The number of hydrogen-bond donors (Lipinski definition) is 1. The molecule has 2 aromatic carbocycles. The second-order valence-corrected chi connectivity index (χ2v) is 7.97. The number of benzene rings is 2. The largest absolute Gasteiger partial charge is 0.378 e. The molecule has 8 heteroatoms. The van der Waals surface area contributed by atoms with Gasteiger partial charge in [-0.25, -0.2) is 12.8 Å². The summed E-state index contributed by atoms with van der Waals surface area (Å²) in [4.78, 5) is 14.5. The molecule has 1 aliphatic heterocycles. The average molecular weight is 392 g/mol. The zero-order chi connectivity index (χ0) is 19.3. The van der Waals surface area contributed by atoms with Gasteiger partial charge in [-0.3, -0.25) is 4.79 Å². The third kappa shape index (κ3) is 5.12. The zero-order valence-electron chi connectivity index (χ0n) is 14.7. The standard InChI is InChI=1S/C19H21FN2O4S/c20-16-6-8-17(9-7-16)27(24,25)21-18(14-15-4-2-1-3-5-15)19(23)22-10-12-26-13-11-22/h1-9,18,21H,10-14H2/t18-/m0/s1. The van der Waals surface area contributed by atoms with Crippen LogP contribution in [0.4, 0.5) is 4.39 Å². The van der Waals surface area contributed by atoms with E-state index in [-0.39, 0.29) is 17.2 Å². The van der Waals surface area contributed by atoms with Crippen molar-refractivity contribution in [3.8, 4) is 0 Å². The van der Waals surface area contributed by atoms with Crippen molar-refractivity contribution < 1.29 is 22.3 Å². The van der Waals surface area contributed by atoms with Crippen LogP contribution in [0.2, 0.25) is 0 Å². The molecule has 1 fully saturated rings. The molecule has 1 heterocycles. The van der Waals surface area contributed by atoms with Crippen molar-refractivity contribution in [3.05, 3.63) is 66.0 Å². The Labute approximate surface area is 158 Å². The quantitative estimate of drug-likeness (QED) is 0.810. The SMILES string of the molecule is O=C([C@H](Cc1ccccc1)NS(=O)(=O)c1ccc(F)cc1)N1CCOCC1. The highest BCUT2D eigenvalue weighted by molar-refractivity contribution is 7.89. The Morgan fingerprint density at radius 2 is 1.70 bits per heavy atom. The number of hydrogen-bond acceptors (Lipinski definition) is 4. The van der Waals surface area contributed by atoms with Crippen LogP contribution in [0.5, 0.6) is 0 Å². The number of nitrogens with zero attached hydrogens (tertiary/aromatic N) is 1. The molecule has 0 radical (unpaired) electrons. The Morgan fingerprint density at radius 3 is 2.33 bits per heavy atom. The molecular weight excluding hydrogens is 371 g/mol. The summed E-state index contributed by atoms with van der Waals surface area (Å²) in [6, 6.07) is 12.7. The van der Waals surface area contributed by atoms with E-state index in [1.807, 2.05) is 30.3 Å². The first kappa shape index (κ1) is 19.5. The number of sulfonamides is 1. The maximum atomic E-state index is 13.1. The third-order valence-electron chi connectivity index (χ3n) is 4.32. The molecule has 1 saturated heterocycles. The Hall–Kier alpha value is -2.29. The number of rotatable bonds is 6. The van der Waals surface area contributed by atoms with Crippen LogP contribution >= 0.6 is 0 Å². The summed E-state index contributed by atoms with van der Waals surface area (Å²) in [6.45, 7) is 1.69. The van der Waals surface area contributed by atoms with E-state index in [1.54, 1.807) is 4.90 Å². The number of carbonyl (C=O) groups is 1. The molecule has 144 valence electrons. The zero-order valence-corrected chi connectivity index (χ0v) is 15.5. The summed E-state index contributed by atoms with van der Waals surface area (Å²) in [5.74, 6) is -0.827. The monoisotopic (exact) mass is 392 g/mol.